The Kier molecular flexibility index (Phi) is 5.91. The summed E-state index contributed by atoms with van der Waals surface area (Å²) in [4.78, 5) is 37.7. The summed E-state index contributed by atoms with van der Waals surface area (Å²) in [5.41, 5.74) is 2.46. The Balaban J connectivity index is 1.09. The molecule has 1 unspecified atom stereocenters. The van der Waals surface area contributed by atoms with Crippen LogP contribution in [0.25, 0.3) is 21.0 Å². The SMILES string of the molecule is O=C(CCSCc1nc2sc3c(c2c(=O)[nH]1)CCC3)N1CCCC1c1cccc2ccccc12. The second-order valence-electron chi connectivity index (χ2n) is 9.17. The predicted octanol–water partition coefficient (Wildman–Crippen LogP) is 5.61. The monoisotopic (exact) mass is 489 g/mol. The molecule has 6 rings (SSSR count). The maximum Gasteiger partial charge on any atom is 0.259 e. The Morgan fingerprint density at radius 2 is 2.03 bits per heavy atom. The van der Waals surface area contributed by atoms with Crippen LogP contribution in [0.1, 0.15) is 53.6 Å². The van der Waals surface area contributed by atoms with Crippen LogP contribution in [0.15, 0.2) is 47.3 Å². The molecule has 0 saturated carbocycles. The quantitative estimate of drug-likeness (QED) is 0.357. The summed E-state index contributed by atoms with van der Waals surface area (Å²) >= 11 is 3.34. The Bertz CT molecular complexity index is 1440. The molecule has 174 valence electrons. The fourth-order valence-electron chi connectivity index (χ4n) is 5.52. The number of benzene rings is 2. The average molecular weight is 490 g/mol. The average Bonchev–Trinajstić information content (AvgIpc) is 3.57. The molecule has 1 aliphatic carbocycles. The third-order valence-corrected chi connectivity index (χ3v) is 9.23. The van der Waals surface area contributed by atoms with Crippen LogP contribution in [0.2, 0.25) is 0 Å². The predicted molar refractivity (Wildman–Crippen MR) is 141 cm³/mol. The minimum atomic E-state index is -0.00827. The summed E-state index contributed by atoms with van der Waals surface area (Å²) in [6, 6.07) is 15.0. The molecule has 0 radical (unpaired) electrons. The van der Waals surface area contributed by atoms with Crippen LogP contribution >= 0.6 is 23.1 Å². The smallest absolute Gasteiger partial charge is 0.259 e. The molecule has 2 aromatic heterocycles. The van der Waals surface area contributed by atoms with E-state index in [1.54, 1.807) is 23.1 Å². The molecule has 7 heteroatoms. The van der Waals surface area contributed by atoms with Crippen molar-refractivity contribution in [3.8, 4) is 0 Å². The minimum Gasteiger partial charge on any atom is -0.336 e. The van der Waals surface area contributed by atoms with Crippen LogP contribution in [-0.2, 0) is 23.4 Å². The first-order chi connectivity index (χ1) is 16.7. The molecule has 2 aromatic carbocycles. The molecule has 3 heterocycles. The van der Waals surface area contributed by atoms with E-state index in [2.05, 4.69) is 52.3 Å². The van der Waals surface area contributed by atoms with Gasteiger partial charge >= 0.3 is 0 Å². The van der Waals surface area contributed by atoms with Gasteiger partial charge in [0.15, 0.2) is 0 Å². The second kappa shape index (κ2) is 9.19. The standard InChI is InChI=1S/C27H27N3O2S2/c31-24(30-14-5-11-21(30)19-9-3-7-17-6-1-2-8-18(17)19)13-15-33-16-23-28-26(32)25-20-10-4-12-22(20)34-27(25)29-23/h1-3,6-9,21H,4-5,10-16H2,(H,28,29,32). The molecule has 1 atom stereocenters. The first-order valence-corrected chi connectivity index (χ1v) is 14.0. The van der Waals surface area contributed by atoms with Crippen molar-refractivity contribution >= 4 is 50.0 Å². The van der Waals surface area contributed by atoms with Crippen LogP contribution in [0.5, 0.6) is 0 Å². The lowest BCUT2D eigenvalue weighted by molar-refractivity contribution is -0.131. The van der Waals surface area contributed by atoms with Gasteiger partial charge < -0.3 is 9.88 Å². The van der Waals surface area contributed by atoms with Gasteiger partial charge in [0.2, 0.25) is 5.91 Å². The number of likely N-dealkylation sites (tertiary alicyclic amines) is 1. The van der Waals surface area contributed by atoms with Crippen molar-refractivity contribution in [1.82, 2.24) is 14.9 Å². The Morgan fingerprint density at radius 1 is 1.15 bits per heavy atom. The lowest BCUT2D eigenvalue weighted by atomic mass is 9.97. The molecule has 4 aromatic rings. The third-order valence-electron chi connectivity index (χ3n) is 7.08. The number of amides is 1. The maximum atomic E-state index is 13.1. The normalized spacial score (nSPS) is 17.6. The lowest BCUT2D eigenvalue weighted by Gasteiger charge is -2.26. The molecule has 1 saturated heterocycles. The van der Waals surface area contributed by atoms with Gasteiger partial charge in [-0.25, -0.2) is 4.98 Å². The fraction of sp³-hybridized carbons (Fsp3) is 0.370. The number of hydrogen-bond acceptors (Lipinski definition) is 5. The Morgan fingerprint density at radius 3 is 2.97 bits per heavy atom. The number of H-pyrrole nitrogens is 1. The second-order valence-corrected chi connectivity index (χ2v) is 11.4. The number of nitrogens with zero attached hydrogens (tertiary/aromatic N) is 2. The molecule has 0 spiro atoms. The van der Waals surface area contributed by atoms with Crippen molar-refractivity contribution in [2.75, 3.05) is 12.3 Å². The number of thioether (sulfide) groups is 1. The molecular formula is C27H27N3O2S2. The first-order valence-electron chi connectivity index (χ1n) is 12.1. The van der Waals surface area contributed by atoms with Crippen molar-refractivity contribution in [1.29, 1.82) is 0 Å². The number of aryl methyl sites for hydroxylation is 2. The summed E-state index contributed by atoms with van der Waals surface area (Å²) in [7, 11) is 0. The van der Waals surface area contributed by atoms with Gasteiger partial charge in [0.1, 0.15) is 10.7 Å². The lowest BCUT2D eigenvalue weighted by Crippen LogP contribution is -2.30. The Labute approximate surface area is 206 Å². The number of fused-ring (bicyclic) bond motifs is 4. The number of carbonyl (C=O) groups excluding carboxylic acids is 1. The summed E-state index contributed by atoms with van der Waals surface area (Å²) in [6.07, 6.45) is 5.77. The highest BCUT2D eigenvalue weighted by Gasteiger charge is 2.30. The van der Waals surface area contributed by atoms with Gasteiger partial charge in [0.25, 0.3) is 5.56 Å². The van der Waals surface area contributed by atoms with Crippen molar-refractivity contribution < 1.29 is 4.79 Å². The number of nitrogens with one attached hydrogen (secondary N) is 1. The molecule has 1 N–H and O–H groups in total. The van der Waals surface area contributed by atoms with Crippen LogP contribution in [-0.4, -0.2) is 33.1 Å². The van der Waals surface area contributed by atoms with E-state index in [-0.39, 0.29) is 17.5 Å². The number of aromatic nitrogens is 2. The van der Waals surface area contributed by atoms with E-state index in [1.165, 1.54) is 26.8 Å². The van der Waals surface area contributed by atoms with Crippen molar-refractivity contribution in [2.24, 2.45) is 0 Å². The van der Waals surface area contributed by atoms with Gasteiger partial charge in [-0.3, -0.25) is 9.59 Å². The summed E-state index contributed by atoms with van der Waals surface area (Å²) < 4.78 is 0. The van der Waals surface area contributed by atoms with E-state index < -0.39 is 0 Å². The third kappa shape index (κ3) is 3.95. The van der Waals surface area contributed by atoms with Gasteiger partial charge in [-0.1, -0.05) is 42.5 Å². The zero-order valence-electron chi connectivity index (χ0n) is 19.0. The van der Waals surface area contributed by atoms with Crippen molar-refractivity contribution in [3.05, 3.63) is 74.6 Å². The van der Waals surface area contributed by atoms with Crippen molar-refractivity contribution in [2.45, 2.75) is 50.3 Å². The minimum absolute atomic E-state index is 0.00827. The number of aromatic amines is 1. The van der Waals surface area contributed by atoms with Gasteiger partial charge in [-0.05, 0) is 54.0 Å². The summed E-state index contributed by atoms with van der Waals surface area (Å²) in [5, 5.41) is 3.27. The van der Waals surface area contributed by atoms with Gasteiger partial charge in [0.05, 0.1) is 17.2 Å². The van der Waals surface area contributed by atoms with Crippen LogP contribution in [0.3, 0.4) is 0 Å². The zero-order valence-corrected chi connectivity index (χ0v) is 20.6. The highest BCUT2D eigenvalue weighted by atomic mass is 32.2. The molecule has 1 aliphatic heterocycles. The van der Waals surface area contributed by atoms with Crippen molar-refractivity contribution in [3.63, 3.8) is 0 Å². The molecular weight excluding hydrogens is 462 g/mol. The largest absolute Gasteiger partial charge is 0.336 e. The topological polar surface area (TPSA) is 66.1 Å². The van der Waals surface area contributed by atoms with E-state index in [9.17, 15) is 9.59 Å². The van der Waals surface area contributed by atoms with Crippen LogP contribution < -0.4 is 5.56 Å². The molecule has 1 amide bonds. The fourth-order valence-corrected chi connectivity index (χ4v) is 7.59. The number of thiophene rings is 1. The highest BCUT2D eigenvalue weighted by molar-refractivity contribution is 7.98. The molecule has 34 heavy (non-hydrogen) atoms. The van der Waals surface area contributed by atoms with E-state index in [0.29, 0.717) is 18.0 Å². The van der Waals surface area contributed by atoms with Gasteiger partial charge in [0, 0.05) is 23.6 Å². The molecule has 5 nitrogen and oxygen atoms in total. The van der Waals surface area contributed by atoms with E-state index >= 15 is 0 Å². The summed E-state index contributed by atoms with van der Waals surface area (Å²) in [5.74, 6) is 2.27. The molecule has 2 aliphatic rings. The van der Waals surface area contributed by atoms with E-state index in [4.69, 9.17) is 4.98 Å². The highest BCUT2D eigenvalue weighted by Crippen LogP contribution is 2.37. The van der Waals surface area contributed by atoms with E-state index in [0.717, 1.165) is 54.6 Å². The molecule has 0 bridgehead atoms. The first kappa shape index (κ1) is 21.9. The molecule has 1 fully saturated rings. The number of carbonyl (C=O) groups is 1. The van der Waals surface area contributed by atoms with Gasteiger partial charge in [-0.15, -0.1) is 11.3 Å². The van der Waals surface area contributed by atoms with Gasteiger partial charge in [-0.2, -0.15) is 11.8 Å². The zero-order chi connectivity index (χ0) is 23.1. The number of hydrogen-bond donors (Lipinski definition) is 1. The number of rotatable bonds is 6. The van der Waals surface area contributed by atoms with E-state index in [1.807, 2.05) is 0 Å². The Hall–Kier alpha value is -2.64. The van der Waals surface area contributed by atoms with Crippen LogP contribution in [0.4, 0.5) is 0 Å². The van der Waals surface area contributed by atoms with Crippen LogP contribution in [0, 0.1) is 0 Å². The summed E-state index contributed by atoms with van der Waals surface area (Å²) in [6.45, 7) is 0.825. The maximum absolute atomic E-state index is 13.1.